The molecule has 0 saturated heterocycles. The first-order valence-electron chi connectivity index (χ1n) is 6.60. The van der Waals surface area contributed by atoms with Gasteiger partial charge in [-0.2, -0.15) is 0 Å². The third-order valence-electron chi connectivity index (χ3n) is 3.40. The van der Waals surface area contributed by atoms with Gasteiger partial charge < -0.3 is 10.4 Å². The van der Waals surface area contributed by atoms with E-state index in [2.05, 4.69) is 28.5 Å². The molecule has 3 aromatic rings. The molecule has 0 spiro atoms. The number of anilines is 1. The van der Waals surface area contributed by atoms with Gasteiger partial charge in [-0.05, 0) is 42.3 Å². The first-order valence-corrected chi connectivity index (χ1v) is 6.60. The predicted molar refractivity (Wildman–Crippen MR) is 81.9 cm³/mol. The number of aromatic hydroxyl groups is 1. The van der Waals surface area contributed by atoms with E-state index < -0.39 is 0 Å². The van der Waals surface area contributed by atoms with E-state index in [1.807, 2.05) is 37.4 Å². The van der Waals surface area contributed by atoms with E-state index in [9.17, 15) is 5.11 Å². The lowest BCUT2D eigenvalue weighted by atomic mass is 10.1. The number of hydrogen-bond acceptors (Lipinski definition) is 3. The molecule has 0 amide bonds. The third-order valence-corrected chi connectivity index (χ3v) is 3.40. The van der Waals surface area contributed by atoms with E-state index in [1.165, 1.54) is 0 Å². The van der Waals surface area contributed by atoms with Crippen LogP contribution in [0.25, 0.3) is 10.9 Å². The second kappa shape index (κ2) is 5.21. The van der Waals surface area contributed by atoms with Crippen LogP contribution in [0.3, 0.4) is 0 Å². The summed E-state index contributed by atoms with van der Waals surface area (Å²) in [7, 11) is 0. The molecule has 1 aromatic heterocycles. The van der Waals surface area contributed by atoms with Crippen LogP contribution >= 0.6 is 0 Å². The smallest absolute Gasteiger partial charge is 0.118 e. The highest BCUT2D eigenvalue weighted by molar-refractivity contribution is 5.81. The van der Waals surface area contributed by atoms with Gasteiger partial charge in [0.15, 0.2) is 0 Å². The summed E-state index contributed by atoms with van der Waals surface area (Å²) in [5, 5.41) is 14.0. The quantitative estimate of drug-likeness (QED) is 0.706. The van der Waals surface area contributed by atoms with Gasteiger partial charge in [-0.25, -0.2) is 0 Å². The van der Waals surface area contributed by atoms with E-state index >= 15 is 0 Å². The number of nitrogens with one attached hydrogen (secondary N) is 1. The SMILES string of the molecule is Cc1cc(NCc2cccc3cccnc23)ccc1O. The molecule has 20 heavy (non-hydrogen) atoms. The lowest BCUT2D eigenvalue weighted by Crippen LogP contribution is -2.01. The minimum Gasteiger partial charge on any atom is -0.508 e. The van der Waals surface area contributed by atoms with Crippen LogP contribution in [0.2, 0.25) is 0 Å². The Kier molecular flexibility index (Phi) is 3.25. The zero-order valence-electron chi connectivity index (χ0n) is 11.3. The van der Waals surface area contributed by atoms with E-state index in [0.29, 0.717) is 12.3 Å². The molecule has 0 aliphatic rings. The summed E-state index contributed by atoms with van der Waals surface area (Å²) in [5.41, 5.74) is 4.05. The van der Waals surface area contributed by atoms with Crippen LogP contribution in [0.1, 0.15) is 11.1 Å². The van der Waals surface area contributed by atoms with Crippen molar-refractivity contribution in [1.29, 1.82) is 0 Å². The lowest BCUT2D eigenvalue weighted by Gasteiger charge is -2.10. The monoisotopic (exact) mass is 264 g/mol. The molecular formula is C17H16N2O. The maximum atomic E-state index is 9.53. The average molecular weight is 264 g/mol. The lowest BCUT2D eigenvalue weighted by molar-refractivity contribution is 0.471. The van der Waals surface area contributed by atoms with Crippen molar-refractivity contribution in [3.05, 3.63) is 65.9 Å². The number of aromatic nitrogens is 1. The zero-order chi connectivity index (χ0) is 13.9. The van der Waals surface area contributed by atoms with Crippen molar-refractivity contribution in [2.45, 2.75) is 13.5 Å². The number of pyridine rings is 1. The Morgan fingerprint density at radius 3 is 2.80 bits per heavy atom. The van der Waals surface area contributed by atoms with Gasteiger partial charge in [-0.1, -0.05) is 24.3 Å². The molecule has 3 nitrogen and oxygen atoms in total. The maximum absolute atomic E-state index is 9.53. The largest absolute Gasteiger partial charge is 0.508 e. The summed E-state index contributed by atoms with van der Waals surface area (Å²) in [6, 6.07) is 15.7. The fourth-order valence-corrected chi connectivity index (χ4v) is 2.27. The zero-order valence-corrected chi connectivity index (χ0v) is 11.3. The van der Waals surface area contributed by atoms with Crippen LogP contribution in [-0.2, 0) is 6.54 Å². The number of phenolic OH excluding ortho intramolecular Hbond substituents is 1. The molecule has 0 aliphatic carbocycles. The minimum absolute atomic E-state index is 0.322. The van der Waals surface area contributed by atoms with E-state index in [4.69, 9.17) is 0 Å². The van der Waals surface area contributed by atoms with Crippen LogP contribution in [0.4, 0.5) is 5.69 Å². The first-order chi connectivity index (χ1) is 9.74. The second-order valence-electron chi connectivity index (χ2n) is 4.85. The van der Waals surface area contributed by atoms with Gasteiger partial charge in [0.25, 0.3) is 0 Å². The van der Waals surface area contributed by atoms with Gasteiger partial charge in [0.1, 0.15) is 5.75 Å². The van der Waals surface area contributed by atoms with Crippen molar-refractivity contribution >= 4 is 16.6 Å². The molecule has 2 aromatic carbocycles. The van der Waals surface area contributed by atoms with Crippen molar-refractivity contribution in [2.24, 2.45) is 0 Å². The number of hydrogen-bond donors (Lipinski definition) is 2. The van der Waals surface area contributed by atoms with Crippen molar-refractivity contribution in [3.8, 4) is 5.75 Å². The van der Waals surface area contributed by atoms with E-state index in [-0.39, 0.29) is 0 Å². The highest BCUT2D eigenvalue weighted by atomic mass is 16.3. The minimum atomic E-state index is 0.322. The van der Waals surface area contributed by atoms with E-state index in [0.717, 1.165) is 27.7 Å². The summed E-state index contributed by atoms with van der Waals surface area (Å²) in [6.07, 6.45) is 1.82. The number of nitrogens with zero attached hydrogens (tertiary/aromatic N) is 1. The summed E-state index contributed by atoms with van der Waals surface area (Å²) < 4.78 is 0. The van der Waals surface area contributed by atoms with Crippen LogP contribution in [0.15, 0.2) is 54.7 Å². The van der Waals surface area contributed by atoms with Crippen LogP contribution in [0, 0.1) is 6.92 Å². The van der Waals surface area contributed by atoms with Crippen LogP contribution in [0.5, 0.6) is 5.75 Å². The van der Waals surface area contributed by atoms with Gasteiger partial charge >= 0.3 is 0 Å². The van der Waals surface area contributed by atoms with Gasteiger partial charge in [-0.3, -0.25) is 4.98 Å². The third kappa shape index (κ3) is 2.43. The summed E-state index contributed by atoms with van der Waals surface area (Å²) in [5.74, 6) is 0.322. The molecule has 0 unspecified atom stereocenters. The summed E-state index contributed by atoms with van der Waals surface area (Å²) >= 11 is 0. The van der Waals surface area contributed by atoms with Gasteiger partial charge in [-0.15, -0.1) is 0 Å². The normalized spacial score (nSPS) is 10.7. The number of aryl methyl sites for hydroxylation is 1. The summed E-state index contributed by atoms with van der Waals surface area (Å²) in [6.45, 7) is 2.60. The molecule has 0 saturated carbocycles. The van der Waals surface area contributed by atoms with Gasteiger partial charge in [0.05, 0.1) is 5.52 Å². The molecule has 0 fully saturated rings. The fraction of sp³-hybridized carbons (Fsp3) is 0.118. The second-order valence-corrected chi connectivity index (χ2v) is 4.85. The standard InChI is InChI=1S/C17H16N2O/c1-12-10-15(7-8-16(12)20)19-11-14-5-2-4-13-6-3-9-18-17(13)14/h2-10,19-20H,11H2,1H3. The highest BCUT2D eigenvalue weighted by Crippen LogP contribution is 2.22. The Labute approximate surface area is 117 Å². The summed E-state index contributed by atoms with van der Waals surface area (Å²) in [4.78, 5) is 4.45. The topological polar surface area (TPSA) is 45.2 Å². The number of fused-ring (bicyclic) bond motifs is 1. The maximum Gasteiger partial charge on any atom is 0.118 e. The van der Waals surface area contributed by atoms with Crippen molar-refractivity contribution in [1.82, 2.24) is 4.98 Å². The van der Waals surface area contributed by atoms with Crippen LogP contribution in [-0.4, -0.2) is 10.1 Å². The van der Waals surface area contributed by atoms with Crippen molar-refractivity contribution in [2.75, 3.05) is 5.32 Å². The average Bonchev–Trinajstić information content (AvgIpc) is 2.48. The first kappa shape index (κ1) is 12.5. The molecule has 2 N–H and O–H groups in total. The molecule has 0 atom stereocenters. The molecule has 0 bridgehead atoms. The molecular weight excluding hydrogens is 248 g/mol. The Morgan fingerprint density at radius 1 is 1.10 bits per heavy atom. The Balaban J connectivity index is 1.85. The Morgan fingerprint density at radius 2 is 1.95 bits per heavy atom. The molecule has 0 aliphatic heterocycles. The molecule has 3 heteroatoms. The Hall–Kier alpha value is -2.55. The number of benzene rings is 2. The van der Waals surface area contributed by atoms with Crippen molar-refractivity contribution in [3.63, 3.8) is 0 Å². The number of rotatable bonds is 3. The molecule has 0 radical (unpaired) electrons. The van der Waals surface area contributed by atoms with Crippen molar-refractivity contribution < 1.29 is 5.11 Å². The Bertz CT molecular complexity index is 748. The molecule has 100 valence electrons. The van der Waals surface area contributed by atoms with Crippen LogP contribution < -0.4 is 5.32 Å². The van der Waals surface area contributed by atoms with Gasteiger partial charge in [0.2, 0.25) is 0 Å². The predicted octanol–water partition coefficient (Wildman–Crippen LogP) is 3.86. The highest BCUT2D eigenvalue weighted by Gasteiger charge is 2.02. The van der Waals surface area contributed by atoms with E-state index in [1.54, 1.807) is 6.07 Å². The molecule has 3 rings (SSSR count). The number of phenols is 1. The fourth-order valence-electron chi connectivity index (χ4n) is 2.27. The van der Waals surface area contributed by atoms with Gasteiger partial charge in [0, 0.05) is 23.8 Å². The number of para-hydroxylation sites is 1. The molecule has 1 heterocycles.